The van der Waals surface area contributed by atoms with Crippen LogP contribution >= 0.6 is 11.8 Å². The number of benzene rings is 3. The maximum absolute atomic E-state index is 13.0. The number of pyridine rings is 1. The van der Waals surface area contributed by atoms with E-state index < -0.39 is 9.84 Å². The van der Waals surface area contributed by atoms with E-state index in [9.17, 15) is 13.7 Å². The minimum Gasteiger partial charge on any atom is -0.240 e. The van der Waals surface area contributed by atoms with Crippen LogP contribution in [0.25, 0.3) is 22.4 Å². The zero-order chi connectivity index (χ0) is 26.6. The van der Waals surface area contributed by atoms with E-state index in [-0.39, 0.29) is 16.9 Å². The van der Waals surface area contributed by atoms with Crippen LogP contribution in [0.4, 0.5) is 0 Å². The van der Waals surface area contributed by atoms with E-state index in [0.717, 1.165) is 33.5 Å². The van der Waals surface area contributed by atoms with Gasteiger partial charge in [-0.25, -0.2) is 13.4 Å². The second kappa shape index (κ2) is 10.9. The lowest BCUT2D eigenvalue weighted by Gasteiger charge is -2.19. The molecule has 1 heterocycles. The molecular formula is C31H30N2O2S2. The van der Waals surface area contributed by atoms with Crippen LogP contribution in [0.2, 0.25) is 0 Å². The summed E-state index contributed by atoms with van der Waals surface area (Å²) in [6.07, 6.45) is 0. The number of hydrogen-bond donors (Lipinski definition) is 0. The van der Waals surface area contributed by atoms with Crippen LogP contribution in [-0.2, 0) is 15.3 Å². The maximum atomic E-state index is 13.0. The molecule has 0 unspecified atom stereocenters. The Kier molecular flexibility index (Phi) is 7.87. The summed E-state index contributed by atoms with van der Waals surface area (Å²) in [4.78, 5) is 5.12. The number of rotatable bonds is 7. The van der Waals surface area contributed by atoms with Gasteiger partial charge in [-0.1, -0.05) is 93.1 Å². The predicted molar refractivity (Wildman–Crippen MR) is 152 cm³/mol. The predicted octanol–water partition coefficient (Wildman–Crippen LogP) is 7.46. The van der Waals surface area contributed by atoms with Crippen molar-refractivity contribution in [1.82, 2.24) is 4.98 Å². The smallest absolute Gasteiger partial charge is 0.179 e. The number of aromatic nitrogens is 1. The van der Waals surface area contributed by atoms with Crippen molar-refractivity contribution in [2.45, 2.75) is 43.0 Å². The first kappa shape index (κ1) is 26.7. The second-order valence-electron chi connectivity index (χ2n) is 10.0. The number of nitrogens with zero attached hydrogens (tertiary/aromatic N) is 2. The molecule has 0 amide bonds. The van der Waals surface area contributed by atoms with Crippen LogP contribution < -0.4 is 0 Å². The lowest BCUT2D eigenvalue weighted by molar-refractivity contribution is 0.586. The first-order valence-corrected chi connectivity index (χ1v) is 14.8. The van der Waals surface area contributed by atoms with Crippen LogP contribution in [0, 0.1) is 18.3 Å². The number of sulfone groups is 1. The molecule has 0 aliphatic carbocycles. The van der Waals surface area contributed by atoms with Gasteiger partial charge in [-0.2, -0.15) is 5.26 Å². The van der Waals surface area contributed by atoms with E-state index in [4.69, 9.17) is 4.98 Å². The van der Waals surface area contributed by atoms with Gasteiger partial charge in [-0.3, -0.25) is 0 Å². The molecule has 188 valence electrons. The lowest BCUT2D eigenvalue weighted by atomic mass is 9.87. The zero-order valence-corrected chi connectivity index (χ0v) is 23.2. The summed E-state index contributed by atoms with van der Waals surface area (Å²) in [6.45, 7) is 8.33. The van der Waals surface area contributed by atoms with Gasteiger partial charge in [0.25, 0.3) is 0 Å². The van der Waals surface area contributed by atoms with Gasteiger partial charge in [0.1, 0.15) is 11.1 Å². The van der Waals surface area contributed by atoms with E-state index in [0.29, 0.717) is 15.5 Å². The van der Waals surface area contributed by atoms with E-state index >= 15 is 0 Å². The Morgan fingerprint density at radius 3 is 2.14 bits per heavy atom. The molecule has 6 heteroatoms. The topological polar surface area (TPSA) is 70.8 Å². The van der Waals surface area contributed by atoms with Gasteiger partial charge in [0.05, 0.1) is 21.9 Å². The highest BCUT2D eigenvalue weighted by atomic mass is 32.2. The van der Waals surface area contributed by atoms with E-state index in [1.54, 1.807) is 12.1 Å². The van der Waals surface area contributed by atoms with Crippen LogP contribution in [0.5, 0.6) is 0 Å². The van der Waals surface area contributed by atoms with Crippen molar-refractivity contribution in [3.63, 3.8) is 0 Å². The maximum Gasteiger partial charge on any atom is 0.179 e. The molecule has 0 spiro atoms. The van der Waals surface area contributed by atoms with Crippen LogP contribution in [-0.4, -0.2) is 24.9 Å². The Labute approximate surface area is 224 Å². The molecule has 0 atom stereocenters. The molecule has 0 saturated heterocycles. The summed E-state index contributed by atoms with van der Waals surface area (Å²) >= 11 is 1.31. The minimum atomic E-state index is -3.47. The normalized spacial score (nSPS) is 11.8. The Balaban J connectivity index is 1.64. The number of aryl methyl sites for hydroxylation is 1. The fourth-order valence-corrected chi connectivity index (χ4v) is 6.63. The van der Waals surface area contributed by atoms with Gasteiger partial charge in [0.2, 0.25) is 0 Å². The van der Waals surface area contributed by atoms with Crippen LogP contribution in [0.1, 0.15) is 37.5 Å². The standard InChI is InChI=1S/C31H30N2O2S2/c1-22-10-12-24(13-11-22)29-20-27(23-8-6-5-7-9-23)28(21-32)30(33-29)36-18-19-37(34,35)26-16-14-25(15-17-26)31(2,3)4/h5-17,20H,18-19H2,1-4H3. The summed E-state index contributed by atoms with van der Waals surface area (Å²) in [6, 6.07) is 29.2. The van der Waals surface area contributed by atoms with Crippen molar-refractivity contribution in [3.8, 4) is 28.5 Å². The van der Waals surface area contributed by atoms with E-state index in [1.165, 1.54) is 11.8 Å². The van der Waals surface area contributed by atoms with Crippen molar-refractivity contribution in [2.75, 3.05) is 11.5 Å². The lowest BCUT2D eigenvalue weighted by Crippen LogP contribution is -2.13. The van der Waals surface area contributed by atoms with Gasteiger partial charge < -0.3 is 0 Å². The summed E-state index contributed by atoms with van der Waals surface area (Å²) < 4.78 is 26.1. The fraction of sp³-hybridized carbons (Fsp3) is 0.226. The minimum absolute atomic E-state index is 0.0452. The summed E-state index contributed by atoms with van der Waals surface area (Å²) in [5.74, 6) is 0.241. The second-order valence-corrected chi connectivity index (χ2v) is 13.2. The molecule has 0 aliphatic rings. The molecule has 4 aromatic rings. The summed E-state index contributed by atoms with van der Waals surface area (Å²) in [5, 5.41) is 10.6. The van der Waals surface area contributed by atoms with E-state index in [2.05, 4.69) is 26.8 Å². The molecular weight excluding hydrogens is 496 g/mol. The largest absolute Gasteiger partial charge is 0.240 e. The molecule has 0 bridgehead atoms. The molecule has 1 aromatic heterocycles. The van der Waals surface area contributed by atoms with Gasteiger partial charge >= 0.3 is 0 Å². The van der Waals surface area contributed by atoms with Crippen molar-refractivity contribution in [2.24, 2.45) is 0 Å². The number of hydrogen-bond acceptors (Lipinski definition) is 5. The van der Waals surface area contributed by atoms with Crippen molar-refractivity contribution < 1.29 is 8.42 Å². The van der Waals surface area contributed by atoms with Gasteiger partial charge in [0, 0.05) is 16.9 Å². The average molecular weight is 527 g/mol. The highest BCUT2D eigenvalue weighted by Gasteiger charge is 2.20. The highest BCUT2D eigenvalue weighted by Crippen LogP contribution is 2.34. The monoisotopic (exact) mass is 526 g/mol. The number of thioether (sulfide) groups is 1. The van der Waals surface area contributed by atoms with Crippen molar-refractivity contribution in [1.29, 1.82) is 5.26 Å². The summed E-state index contributed by atoms with van der Waals surface area (Å²) in [7, 11) is -3.47. The highest BCUT2D eigenvalue weighted by molar-refractivity contribution is 8.00. The van der Waals surface area contributed by atoms with Crippen molar-refractivity contribution in [3.05, 3.63) is 102 Å². The van der Waals surface area contributed by atoms with Gasteiger partial charge in [-0.15, -0.1) is 11.8 Å². The SMILES string of the molecule is Cc1ccc(-c2cc(-c3ccccc3)c(C#N)c(SCCS(=O)(=O)c3ccc(C(C)(C)C)cc3)n2)cc1. The molecule has 37 heavy (non-hydrogen) atoms. The quantitative estimate of drug-likeness (QED) is 0.234. The molecule has 0 N–H and O–H groups in total. The number of nitriles is 1. The van der Waals surface area contributed by atoms with Crippen molar-refractivity contribution >= 4 is 21.6 Å². The molecule has 4 rings (SSSR count). The Bertz CT molecular complexity index is 1530. The third-order valence-electron chi connectivity index (χ3n) is 6.20. The molecule has 0 aliphatic heterocycles. The van der Waals surface area contributed by atoms with Crippen LogP contribution in [0.15, 0.2) is 94.9 Å². The average Bonchev–Trinajstić information content (AvgIpc) is 2.88. The fourth-order valence-electron chi connectivity index (χ4n) is 3.98. The molecule has 0 saturated carbocycles. The Hall–Kier alpha value is -3.40. The third kappa shape index (κ3) is 6.30. The first-order valence-electron chi connectivity index (χ1n) is 12.1. The van der Waals surface area contributed by atoms with Gasteiger partial charge in [-0.05, 0) is 41.7 Å². The van der Waals surface area contributed by atoms with Gasteiger partial charge in [0.15, 0.2) is 9.84 Å². The molecule has 4 nitrogen and oxygen atoms in total. The van der Waals surface area contributed by atoms with Crippen LogP contribution in [0.3, 0.4) is 0 Å². The summed E-state index contributed by atoms with van der Waals surface area (Å²) in [5.41, 5.74) is 6.05. The van der Waals surface area contributed by atoms with E-state index in [1.807, 2.05) is 79.7 Å². The third-order valence-corrected chi connectivity index (χ3v) is 9.17. The first-order chi connectivity index (χ1) is 17.6. The molecule has 0 radical (unpaired) electrons. The Morgan fingerprint density at radius 2 is 1.54 bits per heavy atom. The zero-order valence-electron chi connectivity index (χ0n) is 21.5. The molecule has 0 fully saturated rings. The Morgan fingerprint density at radius 1 is 0.892 bits per heavy atom. The molecule has 3 aromatic carbocycles.